The SMILES string of the molecule is CCCCCCCOc1ccc(NC(=O)CNc2cccc(NC(=O)CCc3ccccc3)c2)cc1. The summed E-state index contributed by atoms with van der Waals surface area (Å²) in [7, 11) is 0. The van der Waals surface area contributed by atoms with Gasteiger partial charge in [0.2, 0.25) is 11.8 Å². The number of anilines is 3. The normalized spacial score (nSPS) is 10.5. The number of benzene rings is 3. The largest absolute Gasteiger partial charge is 0.494 e. The minimum atomic E-state index is -0.156. The minimum Gasteiger partial charge on any atom is -0.494 e. The van der Waals surface area contributed by atoms with Crippen molar-refractivity contribution in [2.24, 2.45) is 0 Å². The van der Waals surface area contributed by atoms with Crippen molar-refractivity contribution >= 4 is 28.9 Å². The molecule has 2 amide bonds. The first kappa shape index (κ1) is 26.8. The van der Waals surface area contributed by atoms with Crippen LogP contribution in [0.1, 0.15) is 51.0 Å². The van der Waals surface area contributed by atoms with E-state index in [0.29, 0.717) is 25.1 Å². The smallest absolute Gasteiger partial charge is 0.243 e. The molecule has 0 spiro atoms. The minimum absolute atomic E-state index is 0.0438. The van der Waals surface area contributed by atoms with Crippen molar-refractivity contribution in [3.63, 3.8) is 0 Å². The van der Waals surface area contributed by atoms with Gasteiger partial charge in [-0.1, -0.05) is 69.0 Å². The Hall–Kier alpha value is -3.80. The lowest BCUT2D eigenvalue weighted by molar-refractivity contribution is -0.116. The van der Waals surface area contributed by atoms with Gasteiger partial charge in [-0.3, -0.25) is 9.59 Å². The van der Waals surface area contributed by atoms with Crippen molar-refractivity contribution in [3.8, 4) is 5.75 Å². The maximum atomic E-state index is 12.4. The molecule has 0 saturated heterocycles. The first-order chi connectivity index (χ1) is 17.6. The van der Waals surface area contributed by atoms with Gasteiger partial charge in [0.25, 0.3) is 0 Å². The van der Waals surface area contributed by atoms with Crippen molar-refractivity contribution in [2.45, 2.75) is 51.9 Å². The van der Waals surface area contributed by atoms with Crippen molar-refractivity contribution in [1.29, 1.82) is 0 Å². The fourth-order valence-electron chi connectivity index (χ4n) is 3.75. The van der Waals surface area contributed by atoms with Gasteiger partial charge < -0.3 is 20.7 Å². The number of amides is 2. The third-order valence-electron chi connectivity index (χ3n) is 5.74. The highest BCUT2D eigenvalue weighted by atomic mass is 16.5. The lowest BCUT2D eigenvalue weighted by Gasteiger charge is -2.11. The Balaban J connectivity index is 1.37. The van der Waals surface area contributed by atoms with E-state index in [2.05, 4.69) is 22.9 Å². The number of rotatable bonds is 15. The summed E-state index contributed by atoms with van der Waals surface area (Å²) in [5.41, 5.74) is 3.30. The van der Waals surface area contributed by atoms with Gasteiger partial charge in [0.05, 0.1) is 13.2 Å². The number of unbranched alkanes of at least 4 members (excludes halogenated alkanes) is 4. The Morgan fingerprint density at radius 3 is 2.22 bits per heavy atom. The summed E-state index contributed by atoms with van der Waals surface area (Å²) in [6.07, 6.45) is 7.13. The molecule has 0 atom stereocenters. The molecule has 0 heterocycles. The summed E-state index contributed by atoms with van der Waals surface area (Å²) in [4.78, 5) is 24.7. The first-order valence-corrected chi connectivity index (χ1v) is 12.8. The molecule has 6 nitrogen and oxygen atoms in total. The van der Waals surface area contributed by atoms with Crippen molar-refractivity contribution < 1.29 is 14.3 Å². The molecule has 0 aliphatic heterocycles. The van der Waals surface area contributed by atoms with Crippen molar-refractivity contribution in [1.82, 2.24) is 0 Å². The summed E-state index contributed by atoms with van der Waals surface area (Å²) in [5, 5.41) is 8.91. The second-order valence-electron chi connectivity index (χ2n) is 8.80. The van der Waals surface area contributed by atoms with E-state index in [4.69, 9.17) is 4.74 Å². The molecule has 0 radical (unpaired) electrons. The molecule has 0 unspecified atom stereocenters. The topological polar surface area (TPSA) is 79.5 Å². The van der Waals surface area contributed by atoms with Crippen LogP contribution in [0.5, 0.6) is 5.75 Å². The predicted molar refractivity (Wildman–Crippen MR) is 148 cm³/mol. The van der Waals surface area contributed by atoms with Crippen LogP contribution in [0.2, 0.25) is 0 Å². The van der Waals surface area contributed by atoms with Gasteiger partial charge in [-0.15, -0.1) is 0 Å². The quantitative estimate of drug-likeness (QED) is 0.210. The zero-order valence-electron chi connectivity index (χ0n) is 21.1. The first-order valence-electron chi connectivity index (χ1n) is 12.8. The lowest BCUT2D eigenvalue weighted by atomic mass is 10.1. The van der Waals surface area contributed by atoms with Gasteiger partial charge in [0.15, 0.2) is 0 Å². The van der Waals surface area contributed by atoms with Crippen LogP contribution >= 0.6 is 0 Å². The average Bonchev–Trinajstić information content (AvgIpc) is 2.90. The maximum Gasteiger partial charge on any atom is 0.243 e. The number of carbonyl (C=O) groups excluding carboxylic acids is 2. The number of ether oxygens (including phenoxy) is 1. The number of hydrogen-bond acceptors (Lipinski definition) is 4. The highest BCUT2D eigenvalue weighted by Crippen LogP contribution is 2.18. The Labute approximate surface area is 214 Å². The van der Waals surface area contributed by atoms with Crippen LogP contribution < -0.4 is 20.7 Å². The van der Waals surface area contributed by atoms with Gasteiger partial charge in [0, 0.05) is 23.5 Å². The fourth-order valence-corrected chi connectivity index (χ4v) is 3.75. The molecule has 3 N–H and O–H groups in total. The Morgan fingerprint density at radius 2 is 1.44 bits per heavy atom. The maximum absolute atomic E-state index is 12.4. The summed E-state index contributed by atoms with van der Waals surface area (Å²) in [6, 6.07) is 24.7. The van der Waals surface area contributed by atoms with Crippen LogP contribution in [0.15, 0.2) is 78.9 Å². The molecule has 0 fully saturated rings. The molecule has 36 heavy (non-hydrogen) atoms. The van der Waals surface area contributed by atoms with E-state index in [0.717, 1.165) is 29.1 Å². The molecule has 0 aliphatic carbocycles. The van der Waals surface area contributed by atoms with E-state index in [1.807, 2.05) is 78.9 Å². The third-order valence-corrected chi connectivity index (χ3v) is 5.74. The number of nitrogens with one attached hydrogen (secondary N) is 3. The second kappa shape index (κ2) is 15.2. The molecule has 190 valence electrons. The van der Waals surface area contributed by atoms with E-state index in [1.54, 1.807) is 0 Å². The van der Waals surface area contributed by atoms with Crippen LogP contribution in [-0.4, -0.2) is 25.0 Å². The molecule has 6 heteroatoms. The van der Waals surface area contributed by atoms with Crippen molar-refractivity contribution in [3.05, 3.63) is 84.4 Å². The van der Waals surface area contributed by atoms with E-state index >= 15 is 0 Å². The van der Waals surface area contributed by atoms with Crippen molar-refractivity contribution in [2.75, 3.05) is 29.1 Å². The Kier molecular flexibility index (Phi) is 11.4. The summed E-state index contributed by atoms with van der Waals surface area (Å²) in [6.45, 7) is 3.04. The zero-order valence-corrected chi connectivity index (χ0v) is 21.1. The molecule has 3 aromatic carbocycles. The fraction of sp³-hybridized carbons (Fsp3) is 0.333. The zero-order chi connectivity index (χ0) is 25.4. The third kappa shape index (κ3) is 10.2. The average molecular weight is 488 g/mol. The molecular formula is C30H37N3O3. The molecule has 0 saturated carbocycles. The number of aryl methyl sites for hydroxylation is 1. The molecular weight excluding hydrogens is 450 g/mol. The van der Waals surface area contributed by atoms with Crippen LogP contribution in [0.25, 0.3) is 0 Å². The summed E-state index contributed by atoms with van der Waals surface area (Å²) >= 11 is 0. The highest BCUT2D eigenvalue weighted by Gasteiger charge is 2.06. The standard InChI is InChI=1S/C30H37N3O3/c1-2-3-4-5-9-21-36-28-18-16-25(17-19-28)32-30(35)23-31-26-13-10-14-27(22-26)33-29(34)20-15-24-11-7-6-8-12-24/h6-8,10-14,16-19,22,31H,2-5,9,15,20-21,23H2,1H3,(H,32,35)(H,33,34). The van der Waals surface area contributed by atoms with Crippen LogP contribution in [0.4, 0.5) is 17.1 Å². The predicted octanol–water partition coefficient (Wildman–Crippen LogP) is 6.66. The summed E-state index contributed by atoms with van der Waals surface area (Å²) in [5.74, 6) is 0.610. The van der Waals surface area contributed by atoms with E-state index in [-0.39, 0.29) is 18.4 Å². The number of hydrogen-bond donors (Lipinski definition) is 3. The van der Waals surface area contributed by atoms with E-state index < -0.39 is 0 Å². The van der Waals surface area contributed by atoms with Gasteiger partial charge in [-0.2, -0.15) is 0 Å². The summed E-state index contributed by atoms with van der Waals surface area (Å²) < 4.78 is 5.77. The van der Waals surface area contributed by atoms with Crippen LogP contribution in [0.3, 0.4) is 0 Å². The monoisotopic (exact) mass is 487 g/mol. The van der Waals surface area contributed by atoms with Gasteiger partial charge in [-0.25, -0.2) is 0 Å². The highest BCUT2D eigenvalue weighted by molar-refractivity contribution is 5.94. The van der Waals surface area contributed by atoms with Gasteiger partial charge in [-0.05, 0) is 60.9 Å². The second-order valence-corrected chi connectivity index (χ2v) is 8.80. The Bertz CT molecular complexity index is 1070. The van der Waals surface area contributed by atoms with E-state index in [9.17, 15) is 9.59 Å². The molecule has 0 bridgehead atoms. The van der Waals surface area contributed by atoms with Gasteiger partial charge in [0.1, 0.15) is 5.75 Å². The molecule has 0 aliphatic rings. The van der Waals surface area contributed by atoms with Crippen LogP contribution in [0, 0.1) is 0 Å². The Morgan fingerprint density at radius 1 is 0.722 bits per heavy atom. The van der Waals surface area contributed by atoms with E-state index in [1.165, 1.54) is 25.7 Å². The molecule has 3 aromatic rings. The number of carbonyl (C=O) groups is 2. The molecule has 0 aromatic heterocycles. The van der Waals surface area contributed by atoms with Crippen LogP contribution in [-0.2, 0) is 16.0 Å². The molecule has 3 rings (SSSR count). The lowest BCUT2D eigenvalue weighted by Crippen LogP contribution is -2.21. The van der Waals surface area contributed by atoms with Gasteiger partial charge >= 0.3 is 0 Å².